The SMILES string of the molecule is O=Cc1cc[c]([Po])cc1. The fraction of sp³-hybridized carbons (Fsp3) is 0. The molecule has 0 amide bonds. The molecule has 0 atom stereocenters. The summed E-state index contributed by atoms with van der Waals surface area (Å²) in [7, 11) is 0. The first kappa shape index (κ1) is 6.90. The summed E-state index contributed by atoms with van der Waals surface area (Å²) in [6.07, 6.45) is 0.856. The van der Waals surface area contributed by atoms with E-state index in [0.717, 1.165) is 11.8 Å². The average molecular weight is 314 g/mol. The molecule has 0 aliphatic heterocycles. The zero-order chi connectivity index (χ0) is 6.69. The first-order valence-electron chi connectivity index (χ1n) is 2.55. The Kier molecular flexibility index (Phi) is 2.36. The molecule has 1 aromatic rings. The van der Waals surface area contributed by atoms with Crippen LogP contribution in [-0.2, 0) is 0 Å². The molecule has 9 heavy (non-hydrogen) atoms. The second kappa shape index (κ2) is 3.08. The molecule has 0 heterocycles. The van der Waals surface area contributed by atoms with Crippen molar-refractivity contribution in [1.29, 1.82) is 0 Å². The van der Waals surface area contributed by atoms with Crippen LogP contribution in [0.3, 0.4) is 0 Å². The zero-order valence-corrected chi connectivity index (χ0v) is 7.88. The van der Waals surface area contributed by atoms with E-state index in [0.29, 0.717) is 0 Å². The first-order valence-corrected chi connectivity index (χ1v) is 4.14. The average Bonchev–Trinajstić information content (AvgIpc) is 1.90. The van der Waals surface area contributed by atoms with Gasteiger partial charge in [-0.15, -0.1) is 0 Å². The standard InChI is InChI=1S/C7H5O.Po/c8-6-7-4-2-1-3-5-7;/h2-6H;. The minimum absolute atomic E-state index is 0.750. The minimum atomic E-state index is 0.750. The molecule has 0 aliphatic rings. The van der Waals surface area contributed by atoms with E-state index >= 15 is 0 Å². The van der Waals surface area contributed by atoms with E-state index in [1.54, 1.807) is 0 Å². The second-order valence-corrected chi connectivity index (χ2v) is 3.52. The summed E-state index contributed by atoms with van der Waals surface area (Å²) in [6.45, 7) is 0. The molecule has 1 nitrogen and oxygen atoms in total. The van der Waals surface area contributed by atoms with Crippen molar-refractivity contribution in [1.82, 2.24) is 0 Å². The Balaban J connectivity index is 3.01. The van der Waals surface area contributed by atoms with Crippen LogP contribution in [0.1, 0.15) is 10.4 Å². The monoisotopic (exact) mass is 314 g/mol. The number of carbonyl (C=O) groups excluding carboxylic acids is 1. The summed E-state index contributed by atoms with van der Waals surface area (Å²) < 4.78 is 1.26. The van der Waals surface area contributed by atoms with Crippen molar-refractivity contribution in [3.63, 3.8) is 0 Å². The predicted molar refractivity (Wildman–Crippen MR) is 37.2 cm³/mol. The summed E-state index contributed by atoms with van der Waals surface area (Å²) >= 11 is 1.43. The predicted octanol–water partition coefficient (Wildman–Crippen LogP) is 0.293. The van der Waals surface area contributed by atoms with Gasteiger partial charge >= 0.3 is 69.2 Å². The number of rotatable bonds is 1. The molecule has 0 saturated carbocycles. The van der Waals surface area contributed by atoms with Crippen LogP contribution in [0, 0.1) is 0 Å². The van der Waals surface area contributed by atoms with Gasteiger partial charge in [-0.25, -0.2) is 0 Å². The van der Waals surface area contributed by atoms with Gasteiger partial charge in [0.1, 0.15) is 0 Å². The molecule has 1 aromatic carbocycles. The van der Waals surface area contributed by atoms with Crippen molar-refractivity contribution in [2.45, 2.75) is 0 Å². The van der Waals surface area contributed by atoms with Crippen molar-refractivity contribution in [3.05, 3.63) is 29.8 Å². The van der Waals surface area contributed by atoms with Crippen LogP contribution in [-0.4, -0.2) is 31.4 Å². The normalized spacial score (nSPS) is 8.89. The van der Waals surface area contributed by atoms with Crippen molar-refractivity contribution >= 4 is 34.6 Å². The Hall–Kier alpha value is -0.214. The van der Waals surface area contributed by atoms with Gasteiger partial charge in [-0.2, -0.15) is 0 Å². The maximum atomic E-state index is 10.1. The second-order valence-electron chi connectivity index (χ2n) is 1.69. The molecule has 2 heteroatoms. The number of benzene rings is 1. The maximum absolute atomic E-state index is 10.1. The van der Waals surface area contributed by atoms with Crippen LogP contribution >= 0.6 is 0 Å². The number of aldehydes is 1. The Morgan fingerprint density at radius 2 is 1.78 bits per heavy atom. The van der Waals surface area contributed by atoms with Crippen LogP contribution < -0.4 is 3.22 Å². The summed E-state index contributed by atoms with van der Waals surface area (Å²) in [5, 5.41) is 0. The van der Waals surface area contributed by atoms with Crippen molar-refractivity contribution in [3.8, 4) is 0 Å². The van der Waals surface area contributed by atoms with E-state index in [-0.39, 0.29) is 0 Å². The molecular weight excluding hydrogens is 309 g/mol. The molecule has 0 bridgehead atoms. The van der Waals surface area contributed by atoms with Gasteiger partial charge in [-0.3, -0.25) is 0 Å². The zero-order valence-electron chi connectivity index (χ0n) is 4.70. The number of hydrogen-bond donors (Lipinski definition) is 0. The van der Waals surface area contributed by atoms with Crippen LogP contribution in [0.2, 0.25) is 0 Å². The molecule has 1 rings (SSSR count). The molecule has 0 N–H and O–H groups in total. The van der Waals surface area contributed by atoms with Crippen LogP contribution in [0.15, 0.2) is 24.3 Å². The molecule has 0 unspecified atom stereocenters. The van der Waals surface area contributed by atoms with Gasteiger partial charge in [0.05, 0.1) is 0 Å². The molecule has 0 aliphatic carbocycles. The summed E-state index contributed by atoms with van der Waals surface area (Å²) in [6, 6.07) is 7.57. The third kappa shape index (κ3) is 1.88. The van der Waals surface area contributed by atoms with Gasteiger partial charge in [0.15, 0.2) is 0 Å². The molecule has 0 aromatic heterocycles. The summed E-state index contributed by atoms with van der Waals surface area (Å²) in [4.78, 5) is 10.1. The van der Waals surface area contributed by atoms with E-state index in [2.05, 4.69) is 0 Å². The Labute approximate surface area is 69.2 Å². The van der Waals surface area contributed by atoms with Gasteiger partial charge in [0.2, 0.25) is 0 Å². The van der Waals surface area contributed by atoms with Gasteiger partial charge in [-0.1, -0.05) is 0 Å². The molecular formula is C7H5OPo. The van der Waals surface area contributed by atoms with Gasteiger partial charge in [0, 0.05) is 0 Å². The molecule has 0 fully saturated rings. The number of hydrogen-bond acceptors (Lipinski definition) is 1. The van der Waals surface area contributed by atoms with E-state index in [1.807, 2.05) is 24.3 Å². The third-order valence-corrected chi connectivity index (χ3v) is 2.07. The summed E-state index contributed by atoms with van der Waals surface area (Å²) in [5.41, 5.74) is 0.750. The van der Waals surface area contributed by atoms with Crippen molar-refractivity contribution in [2.24, 2.45) is 0 Å². The molecule has 0 spiro atoms. The number of carbonyl (C=O) groups is 1. The van der Waals surface area contributed by atoms with Crippen LogP contribution in [0.5, 0.6) is 0 Å². The Bertz CT molecular complexity index is 203. The van der Waals surface area contributed by atoms with E-state index in [9.17, 15) is 4.79 Å². The molecule has 0 saturated heterocycles. The van der Waals surface area contributed by atoms with Crippen molar-refractivity contribution in [2.75, 3.05) is 0 Å². The Morgan fingerprint density at radius 3 is 2.22 bits per heavy atom. The fourth-order valence-corrected chi connectivity index (χ4v) is 1.08. The van der Waals surface area contributed by atoms with Gasteiger partial charge in [0.25, 0.3) is 0 Å². The first-order chi connectivity index (χ1) is 4.33. The third-order valence-electron chi connectivity index (χ3n) is 1.02. The van der Waals surface area contributed by atoms with E-state index in [1.165, 1.54) is 28.3 Å². The molecule has 1 radical (unpaired) electrons. The van der Waals surface area contributed by atoms with E-state index in [4.69, 9.17) is 0 Å². The summed E-state index contributed by atoms with van der Waals surface area (Å²) in [5.74, 6) is 0. The van der Waals surface area contributed by atoms with Crippen LogP contribution in [0.25, 0.3) is 0 Å². The fourth-order valence-electron chi connectivity index (χ4n) is 0.546. The molecule has 45 valence electrons. The van der Waals surface area contributed by atoms with Gasteiger partial charge in [-0.05, 0) is 0 Å². The van der Waals surface area contributed by atoms with E-state index < -0.39 is 0 Å². The quantitative estimate of drug-likeness (QED) is 0.681. The van der Waals surface area contributed by atoms with Crippen molar-refractivity contribution < 1.29 is 4.79 Å². The topological polar surface area (TPSA) is 17.1 Å². The van der Waals surface area contributed by atoms with Crippen LogP contribution in [0.4, 0.5) is 0 Å². The Morgan fingerprint density at radius 1 is 1.22 bits per heavy atom. The van der Waals surface area contributed by atoms with Gasteiger partial charge < -0.3 is 0 Å².